The number of carbonyl (C=O) groups excluding carboxylic acids is 1. The Bertz CT molecular complexity index is 588. The lowest BCUT2D eigenvalue weighted by Gasteiger charge is -2.26. The number of hydrogen-bond acceptors (Lipinski definition) is 1. The standard InChI is InChI=1S/C12H11IN2O/c1-15-5-3-8-9(13)6-7-2-4-14-11(7)10(8)12(15)16/h2,4,6,14H,3,5H2,1H3. The number of aromatic amines is 1. The van der Waals surface area contributed by atoms with Gasteiger partial charge in [0.1, 0.15) is 0 Å². The first-order valence-corrected chi connectivity index (χ1v) is 6.30. The number of hydrogen-bond donors (Lipinski definition) is 1. The molecule has 1 amide bonds. The first kappa shape index (κ1) is 10.1. The third-order valence-corrected chi connectivity index (χ3v) is 4.12. The number of nitrogens with one attached hydrogen (secondary N) is 1. The van der Waals surface area contributed by atoms with E-state index in [1.807, 2.05) is 19.3 Å². The summed E-state index contributed by atoms with van der Waals surface area (Å²) in [5, 5.41) is 1.12. The molecule has 0 aliphatic carbocycles. The van der Waals surface area contributed by atoms with Gasteiger partial charge in [-0.2, -0.15) is 0 Å². The smallest absolute Gasteiger partial charge is 0.256 e. The lowest BCUT2D eigenvalue weighted by Crippen LogP contribution is -2.34. The molecule has 0 atom stereocenters. The minimum atomic E-state index is 0.132. The maximum absolute atomic E-state index is 12.2. The van der Waals surface area contributed by atoms with E-state index in [0.29, 0.717) is 0 Å². The molecule has 0 unspecified atom stereocenters. The number of aromatic nitrogens is 1. The summed E-state index contributed by atoms with van der Waals surface area (Å²) in [5.74, 6) is 0.132. The van der Waals surface area contributed by atoms with Crippen LogP contribution in [0, 0.1) is 3.57 Å². The van der Waals surface area contributed by atoms with Crippen LogP contribution in [0.3, 0.4) is 0 Å². The Labute approximate surface area is 107 Å². The van der Waals surface area contributed by atoms with Crippen LogP contribution in [0.5, 0.6) is 0 Å². The molecule has 3 nitrogen and oxygen atoms in total. The van der Waals surface area contributed by atoms with Gasteiger partial charge in [-0.15, -0.1) is 0 Å². The fraction of sp³-hybridized carbons (Fsp3) is 0.250. The monoisotopic (exact) mass is 326 g/mol. The number of amides is 1. The summed E-state index contributed by atoms with van der Waals surface area (Å²) >= 11 is 2.32. The summed E-state index contributed by atoms with van der Waals surface area (Å²) < 4.78 is 1.20. The molecule has 2 aromatic rings. The number of nitrogens with zero attached hydrogens (tertiary/aromatic N) is 1. The zero-order valence-electron chi connectivity index (χ0n) is 8.88. The SMILES string of the molecule is CN1CCc2c(I)cc3cc[nH]c3c2C1=O. The van der Waals surface area contributed by atoms with Gasteiger partial charge >= 0.3 is 0 Å². The molecule has 1 aliphatic rings. The minimum absolute atomic E-state index is 0.132. The Hall–Kier alpha value is -1.04. The third-order valence-electron chi connectivity index (χ3n) is 3.16. The number of benzene rings is 1. The average Bonchev–Trinajstić information content (AvgIpc) is 2.70. The topological polar surface area (TPSA) is 36.1 Å². The highest BCUT2D eigenvalue weighted by molar-refractivity contribution is 14.1. The van der Waals surface area contributed by atoms with Crippen LogP contribution in [0.15, 0.2) is 18.3 Å². The molecule has 16 heavy (non-hydrogen) atoms. The molecular weight excluding hydrogens is 315 g/mol. The zero-order chi connectivity index (χ0) is 11.3. The Morgan fingerprint density at radius 1 is 1.50 bits per heavy atom. The van der Waals surface area contributed by atoms with Crippen molar-refractivity contribution in [2.75, 3.05) is 13.6 Å². The van der Waals surface area contributed by atoms with Crippen LogP contribution in [0.1, 0.15) is 15.9 Å². The maximum Gasteiger partial charge on any atom is 0.256 e. The second-order valence-electron chi connectivity index (χ2n) is 4.13. The van der Waals surface area contributed by atoms with Crippen LogP contribution in [0.2, 0.25) is 0 Å². The molecule has 0 spiro atoms. The van der Waals surface area contributed by atoms with Gasteiger partial charge in [0.25, 0.3) is 5.91 Å². The average molecular weight is 326 g/mol. The number of rotatable bonds is 0. The summed E-state index contributed by atoms with van der Waals surface area (Å²) in [4.78, 5) is 17.1. The predicted molar refractivity (Wildman–Crippen MR) is 71.7 cm³/mol. The Morgan fingerprint density at radius 3 is 3.12 bits per heavy atom. The fourth-order valence-corrected chi connectivity index (χ4v) is 3.14. The first-order valence-electron chi connectivity index (χ1n) is 5.22. The molecule has 0 bridgehead atoms. The lowest BCUT2D eigenvalue weighted by molar-refractivity contribution is 0.0782. The van der Waals surface area contributed by atoms with E-state index < -0.39 is 0 Å². The van der Waals surface area contributed by atoms with Gasteiger partial charge < -0.3 is 9.88 Å². The van der Waals surface area contributed by atoms with E-state index >= 15 is 0 Å². The van der Waals surface area contributed by atoms with E-state index in [4.69, 9.17) is 0 Å². The normalized spacial score (nSPS) is 15.6. The predicted octanol–water partition coefficient (Wildman–Crippen LogP) is 2.40. The van der Waals surface area contributed by atoms with Gasteiger partial charge in [-0.3, -0.25) is 4.79 Å². The van der Waals surface area contributed by atoms with Crippen molar-refractivity contribution in [3.8, 4) is 0 Å². The van der Waals surface area contributed by atoms with E-state index in [0.717, 1.165) is 29.4 Å². The van der Waals surface area contributed by atoms with E-state index in [1.165, 1.54) is 9.13 Å². The number of likely N-dealkylation sites (N-methyl/N-ethyl adjacent to an activating group) is 1. The van der Waals surface area contributed by atoms with Gasteiger partial charge in [-0.1, -0.05) is 0 Å². The van der Waals surface area contributed by atoms with Crippen molar-refractivity contribution < 1.29 is 4.79 Å². The molecule has 1 aliphatic heterocycles. The van der Waals surface area contributed by atoms with Gasteiger partial charge in [-0.05, 0) is 46.7 Å². The van der Waals surface area contributed by atoms with Gasteiger partial charge in [0.05, 0.1) is 11.1 Å². The van der Waals surface area contributed by atoms with Crippen molar-refractivity contribution in [3.05, 3.63) is 33.0 Å². The van der Waals surface area contributed by atoms with Gasteiger partial charge in [-0.25, -0.2) is 0 Å². The molecule has 0 saturated heterocycles. The van der Waals surface area contributed by atoms with Crippen LogP contribution >= 0.6 is 22.6 Å². The fourth-order valence-electron chi connectivity index (χ4n) is 2.26. The Kier molecular flexibility index (Phi) is 2.20. The molecule has 1 N–H and O–H groups in total. The highest BCUT2D eigenvalue weighted by atomic mass is 127. The van der Waals surface area contributed by atoms with Crippen LogP contribution in [0.4, 0.5) is 0 Å². The zero-order valence-corrected chi connectivity index (χ0v) is 11.0. The summed E-state index contributed by atoms with van der Waals surface area (Å²) in [6.45, 7) is 0.814. The number of carbonyl (C=O) groups is 1. The Morgan fingerprint density at radius 2 is 2.31 bits per heavy atom. The summed E-state index contributed by atoms with van der Waals surface area (Å²) in [6, 6.07) is 4.16. The Balaban J connectivity index is 2.40. The highest BCUT2D eigenvalue weighted by Crippen LogP contribution is 2.30. The van der Waals surface area contributed by atoms with Crippen molar-refractivity contribution in [1.82, 2.24) is 9.88 Å². The second kappa shape index (κ2) is 3.48. The van der Waals surface area contributed by atoms with Gasteiger partial charge in [0.15, 0.2) is 0 Å². The summed E-state index contributed by atoms with van der Waals surface area (Å²) in [6.07, 6.45) is 2.84. The van der Waals surface area contributed by atoms with E-state index in [1.54, 1.807) is 4.90 Å². The maximum atomic E-state index is 12.2. The molecule has 1 aromatic carbocycles. The quantitative estimate of drug-likeness (QED) is 0.742. The van der Waals surface area contributed by atoms with Crippen LogP contribution in [0.25, 0.3) is 10.9 Å². The van der Waals surface area contributed by atoms with E-state index in [-0.39, 0.29) is 5.91 Å². The van der Waals surface area contributed by atoms with Crippen LogP contribution in [-0.4, -0.2) is 29.4 Å². The molecule has 0 fully saturated rings. The molecule has 0 saturated carbocycles. The van der Waals surface area contributed by atoms with Crippen molar-refractivity contribution in [1.29, 1.82) is 0 Å². The molecule has 82 valence electrons. The molecule has 2 heterocycles. The van der Waals surface area contributed by atoms with Crippen molar-refractivity contribution in [3.63, 3.8) is 0 Å². The van der Waals surface area contributed by atoms with Crippen LogP contribution in [-0.2, 0) is 6.42 Å². The molecule has 0 radical (unpaired) electrons. The van der Waals surface area contributed by atoms with Crippen molar-refractivity contribution in [2.24, 2.45) is 0 Å². The van der Waals surface area contributed by atoms with E-state index in [2.05, 4.69) is 33.6 Å². The summed E-state index contributed by atoms with van der Waals surface area (Å²) in [5.41, 5.74) is 3.03. The molecule has 3 rings (SSSR count). The molecule has 4 heteroatoms. The first-order chi connectivity index (χ1) is 7.68. The van der Waals surface area contributed by atoms with Gasteiger partial charge in [0.2, 0.25) is 0 Å². The number of H-pyrrole nitrogens is 1. The number of fused-ring (bicyclic) bond motifs is 3. The highest BCUT2D eigenvalue weighted by Gasteiger charge is 2.26. The largest absolute Gasteiger partial charge is 0.361 e. The molecule has 1 aromatic heterocycles. The van der Waals surface area contributed by atoms with Gasteiger partial charge in [0, 0.05) is 28.7 Å². The van der Waals surface area contributed by atoms with Crippen LogP contribution < -0.4 is 0 Å². The summed E-state index contributed by atoms with van der Waals surface area (Å²) in [7, 11) is 1.86. The molecular formula is C12H11IN2O. The van der Waals surface area contributed by atoms with E-state index in [9.17, 15) is 4.79 Å². The second-order valence-corrected chi connectivity index (χ2v) is 5.29. The van der Waals surface area contributed by atoms with Crippen molar-refractivity contribution >= 4 is 39.4 Å². The third kappa shape index (κ3) is 1.29. The van der Waals surface area contributed by atoms with Crippen molar-refractivity contribution in [2.45, 2.75) is 6.42 Å². The number of halogens is 1. The lowest BCUT2D eigenvalue weighted by atomic mass is 9.97. The minimum Gasteiger partial charge on any atom is -0.361 e.